The summed E-state index contributed by atoms with van der Waals surface area (Å²) in [5, 5.41) is 1.05. The van der Waals surface area contributed by atoms with Crippen molar-refractivity contribution in [1.82, 2.24) is 4.98 Å². The van der Waals surface area contributed by atoms with Crippen LogP contribution in [-0.2, 0) is 0 Å². The molecule has 0 amide bonds. The fraction of sp³-hybridized carbons (Fsp3) is 0.0833. The molecule has 0 radical (unpaired) electrons. The summed E-state index contributed by atoms with van der Waals surface area (Å²) in [5.41, 5.74) is 8.03. The van der Waals surface area contributed by atoms with Crippen molar-refractivity contribution in [3.05, 3.63) is 63.9 Å². The highest BCUT2D eigenvalue weighted by Gasteiger charge is 2.09. The summed E-state index contributed by atoms with van der Waals surface area (Å²) in [4.78, 5) is 3.95. The van der Waals surface area contributed by atoms with Gasteiger partial charge in [0.1, 0.15) is 0 Å². The first kappa shape index (κ1) is 17.5. The largest absolute Gasteiger partial charge is 0.320 e. The van der Waals surface area contributed by atoms with Gasteiger partial charge < -0.3 is 5.73 Å². The summed E-state index contributed by atoms with van der Waals surface area (Å²) in [6.45, 7) is 0. The zero-order valence-electron chi connectivity index (χ0n) is 9.22. The molecule has 0 aliphatic carbocycles. The molecule has 0 saturated heterocycles. The van der Waals surface area contributed by atoms with Crippen LogP contribution in [0.2, 0.25) is 10.0 Å². The van der Waals surface area contributed by atoms with Crippen LogP contribution in [0.1, 0.15) is 17.2 Å². The Morgan fingerprint density at radius 2 is 1.50 bits per heavy atom. The lowest BCUT2D eigenvalue weighted by molar-refractivity contribution is 0.868. The van der Waals surface area contributed by atoms with Gasteiger partial charge >= 0.3 is 0 Å². The Bertz CT molecular complexity index is 491. The summed E-state index contributed by atoms with van der Waals surface area (Å²) >= 11 is 11.8. The average Bonchev–Trinajstić information content (AvgIpc) is 2.33. The molecule has 2 aromatic rings. The standard InChI is InChI=1S/C12H10Cl2N2.2ClH/c13-10-2-1-9(7-11(10)14)12(15)8-3-5-16-6-4-8;;/h1-7,12H,15H2;2*1H. The lowest BCUT2D eigenvalue weighted by Gasteiger charge is -2.12. The van der Waals surface area contributed by atoms with Crippen LogP contribution >= 0.6 is 48.0 Å². The van der Waals surface area contributed by atoms with Crippen LogP contribution < -0.4 is 5.73 Å². The van der Waals surface area contributed by atoms with E-state index in [0.29, 0.717) is 10.0 Å². The molecule has 2 nitrogen and oxygen atoms in total. The smallest absolute Gasteiger partial charge is 0.0595 e. The molecule has 2 rings (SSSR count). The van der Waals surface area contributed by atoms with Gasteiger partial charge in [-0.15, -0.1) is 24.8 Å². The first-order valence-electron chi connectivity index (χ1n) is 4.79. The van der Waals surface area contributed by atoms with Crippen LogP contribution in [-0.4, -0.2) is 4.98 Å². The third kappa shape index (κ3) is 4.01. The van der Waals surface area contributed by atoms with E-state index in [2.05, 4.69) is 4.98 Å². The molecule has 0 aliphatic heterocycles. The highest BCUT2D eigenvalue weighted by molar-refractivity contribution is 6.42. The topological polar surface area (TPSA) is 38.9 Å². The quantitative estimate of drug-likeness (QED) is 0.895. The monoisotopic (exact) mass is 324 g/mol. The molecule has 1 aromatic heterocycles. The maximum atomic E-state index is 6.11. The maximum Gasteiger partial charge on any atom is 0.0595 e. The lowest BCUT2D eigenvalue weighted by Crippen LogP contribution is -2.11. The highest BCUT2D eigenvalue weighted by Crippen LogP contribution is 2.27. The number of nitrogens with zero attached hydrogens (tertiary/aromatic N) is 1. The molecular formula is C12H12Cl4N2. The van der Waals surface area contributed by atoms with Crippen molar-refractivity contribution >= 4 is 48.0 Å². The Balaban J connectivity index is 0.00000144. The predicted octanol–water partition coefficient (Wildman–Crippen LogP) is 4.28. The predicted molar refractivity (Wildman–Crippen MR) is 81.2 cm³/mol. The molecule has 0 bridgehead atoms. The second-order valence-corrected chi connectivity index (χ2v) is 4.25. The van der Waals surface area contributed by atoms with Crippen molar-refractivity contribution in [2.24, 2.45) is 5.73 Å². The number of halogens is 4. The second-order valence-electron chi connectivity index (χ2n) is 3.43. The summed E-state index contributed by atoms with van der Waals surface area (Å²) < 4.78 is 0. The highest BCUT2D eigenvalue weighted by atomic mass is 35.5. The number of rotatable bonds is 2. The van der Waals surface area contributed by atoms with E-state index in [0.717, 1.165) is 11.1 Å². The minimum atomic E-state index is -0.210. The molecule has 1 heterocycles. The molecule has 0 fully saturated rings. The van der Waals surface area contributed by atoms with Crippen LogP contribution in [0.5, 0.6) is 0 Å². The number of hydrogen-bond acceptors (Lipinski definition) is 2. The summed E-state index contributed by atoms with van der Waals surface area (Å²) in [6, 6.07) is 8.97. The van der Waals surface area contributed by atoms with Gasteiger partial charge in [-0.2, -0.15) is 0 Å². The second kappa shape index (κ2) is 7.82. The van der Waals surface area contributed by atoms with Gasteiger partial charge in [-0.3, -0.25) is 4.98 Å². The molecular weight excluding hydrogens is 314 g/mol. The number of hydrogen-bond donors (Lipinski definition) is 1. The summed E-state index contributed by atoms with van der Waals surface area (Å²) in [5.74, 6) is 0. The van der Waals surface area contributed by atoms with Gasteiger partial charge in [0, 0.05) is 12.4 Å². The fourth-order valence-corrected chi connectivity index (χ4v) is 1.78. The van der Waals surface area contributed by atoms with Crippen LogP contribution in [0.4, 0.5) is 0 Å². The minimum Gasteiger partial charge on any atom is -0.320 e. The van der Waals surface area contributed by atoms with E-state index in [9.17, 15) is 0 Å². The van der Waals surface area contributed by atoms with Crippen molar-refractivity contribution in [2.75, 3.05) is 0 Å². The third-order valence-electron chi connectivity index (χ3n) is 2.37. The lowest BCUT2D eigenvalue weighted by atomic mass is 10.0. The van der Waals surface area contributed by atoms with Crippen molar-refractivity contribution in [3.8, 4) is 0 Å². The SMILES string of the molecule is Cl.Cl.NC(c1ccncc1)c1ccc(Cl)c(Cl)c1. The normalized spacial score (nSPS) is 11.1. The number of aromatic nitrogens is 1. The Labute approximate surface area is 128 Å². The number of nitrogens with two attached hydrogens (primary N) is 1. The Hall–Kier alpha value is -0.510. The van der Waals surface area contributed by atoms with Gasteiger partial charge in [0.15, 0.2) is 0 Å². The van der Waals surface area contributed by atoms with Gasteiger partial charge in [0.2, 0.25) is 0 Å². The molecule has 1 atom stereocenters. The Morgan fingerprint density at radius 3 is 2.06 bits per heavy atom. The van der Waals surface area contributed by atoms with Crippen molar-refractivity contribution < 1.29 is 0 Å². The van der Waals surface area contributed by atoms with E-state index >= 15 is 0 Å². The Kier molecular flexibility index (Phi) is 7.60. The van der Waals surface area contributed by atoms with Gasteiger partial charge in [0.25, 0.3) is 0 Å². The third-order valence-corrected chi connectivity index (χ3v) is 3.11. The van der Waals surface area contributed by atoms with Gasteiger partial charge in [0.05, 0.1) is 16.1 Å². The molecule has 0 spiro atoms. The molecule has 0 saturated carbocycles. The van der Waals surface area contributed by atoms with Gasteiger partial charge in [-0.05, 0) is 35.4 Å². The summed E-state index contributed by atoms with van der Waals surface area (Å²) in [6.07, 6.45) is 3.43. The van der Waals surface area contributed by atoms with Crippen molar-refractivity contribution in [2.45, 2.75) is 6.04 Å². The fourth-order valence-electron chi connectivity index (χ4n) is 1.47. The van der Waals surface area contributed by atoms with Crippen LogP contribution in [0.15, 0.2) is 42.7 Å². The van der Waals surface area contributed by atoms with Gasteiger partial charge in [-0.1, -0.05) is 29.3 Å². The first-order chi connectivity index (χ1) is 7.68. The molecule has 18 heavy (non-hydrogen) atoms. The molecule has 1 aromatic carbocycles. The molecule has 98 valence electrons. The van der Waals surface area contributed by atoms with E-state index in [4.69, 9.17) is 28.9 Å². The van der Waals surface area contributed by atoms with Crippen LogP contribution in [0.3, 0.4) is 0 Å². The molecule has 1 unspecified atom stereocenters. The molecule has 6 heteroatoms. The Morgan fingerprint density at radius 1 is 0.889 bits per heavy atom. The van der Waals surface area contributed by atoms with E-state index in [-0.39, 0.29) is 30.9 Å². The van der Waals surface area contributed by atoms with E-state index in [1.807, 2.05) is 18.2 Å². The van der Waals surface area contributed by atoms with Crippen LogP contribution in [0, 0.1) is 0 Å². The molecule has 0 aliphatic rings. The zero-order valence-corrected chi connectivity index (χ0v) is 12.4. The molecule has 2 N–H and O–H groups in total. The van der Waals surface area contributed by atoms with Crippen molar-refractivity contribution in [1.29, 1.82) is 0 Å². The van der Waals surface area contributed by atoms with Crippen molar-refractivity contribution in [3.63, 3.8) is 0 Å². The van der Waals surface area contributed by atoms with Gasteiger partial charge in [-0.25, -0.2) is 0 Å². The van der Waals surface area contributed by atoms with E-state index < -0.39 is 0 Å². The summed E-state index contributed by atoms with van der Waals surface area (Å²) in [7, 11) is 0. The average molecular weight is 326 g/mol. The van der Waals surface area contributed by atoms with E-state index in [1.165, 1.54) is 0 Å². The number of benzene rings is 1. The minimum absolute atomic E-state index is 0. The zero-order chi connectivity index (χ0) is 11.5. The van der Waals surface area contributed by atoms with E-state index in [1.54, 1.807) is 24.5 Å². The van der Waals surface area contributed by atoms with Crippen LogP contribution in [0.25, 0.3) is 0 Å². The first-order valence-corrected chi connectivity index (χ1v) is 5.54. The maximum absolute atomic E-state index is 6.11. The number of pyridine rings is 1.